The van der Waals surface area contributed by atoms with Crippen LogP contribution in [0, 0.1) is 0 Å². The fourth-order valence-corrected chi connectivity index (χ4v) is 7.60. The molecule has 0 amide bonds. The van der Waals surface area contributed by atoms with Gasteiger partial charge < -0.3 is 19.8 Å². The average Bonchev–Trinajstić information content (AvgIpc) is 3.15. The number of hydrogen-bond donors (Lipinski definition) is 0. The summed E-state index contributed by atoms with van der Waals surface area (Å²) in [5.74, 6) is -0.319. The van der Waals surface area contributed by atoms with Gasteiger partial charge in [-0.25, -0.2) is 0 Å². The van der Waals surface area contributed by atoms with Crippen LogP contribution < -0.4 is 10.2 Å². The van der Waals surface area contributed by atoms with Crippen molar-refractivity contribution in [3.8, 4) is 0 Å². The summed E-state index contributed by atoms with van der Waals surface area (Å²) in [6, 6.07) is 22.1. The summed E-state index contributed by atoms with van der Waals surface area (Å²) >= 11 is 0. The molecule has 0 aliphatic heterocycles. The van der Waals surface area contributed by atoms with Gasteiger partial charge in [0.25, 0.3) is 0 Å². The Morgan fingerprint density at radius 2 is 0.642 bits per heavy atom. The minimum absolute atomic E-state index is 0. The van der Waals surface area contributed by atoms with E-state index >= 15 is 0 Å². The maximum absolute atomic E-state index is 10.3. The van der Waals surface area contributed by atoms with Gasteiger partial charge in [0.2, 0.25) is 0 Å². The molecule has 0 radical (unpaired) electrons. The van der Waals surface area contributed by atoms with Crippen molar-refractivity contribution in [1.82, 2.24) is 0 Å². The molecule has 0 heterocycles. The number of unbranched alkanes of at least 4 members (excludes halogenated alkanes) is 20. The number of hydrogen-bond acceptors (Lipinski definition) is 4. The van der Waals surface area contributed by atoms with Gasteiger partial charge in [0.1, 0.15) is 0 Å². The molecule has 0 aromatic heterocycles. The van der Waals surface area contributed by atoms with Gasteiger partial charge in [-0.2, -0.15) is 0 Å². The smallest absolute Gasteiger partial charge is 0.550 e. The fourth-order valence-electron chi connectivity index (χ4n) is 7.60. The molecule has 2 atom stereocenters. The maximum atomic E-state index is 10.3. The van der Waals surface area contributed by atoms with E-state index < -0.39 is 11.9 Å². The Balaban J connectivity index is 0.00000100. The Labute approximate surface area is 367 Å². The second-order valence-corrected chi connectivity index (χ2v) is 15.4. The molecule has 0 saturated heterocycles. The molecule has 53 heavy (non-hydrogen) atoms. The molecule has 0 aliphatic rings. The van der Waals surface area contributed by atoms with Crippen molar-refractivity contribution in [3.63, 3.8) is 0 Å². The zero-order valence-corrected chi connectivity index (χ0v) is 38.9. The molecule has 296 valence electrons. The maximum Gasteiger partial charge on any atom is 2.00 e. The predicted octanol–water partition coefficient (Wildman–Crippen LogP) is 12.4. The molecular weight excluding hydrogens is 778 g/mol. The van der Waals surface area contributed by atoms with Crippen molar-refractivity contribution < 1.29 is 19.8 Å². The van der Waals surface area contributed by atoms with E-state index in [4.69, 9.17) is 0 Å². The molecule has 2 aromatic carbocycles. The number of carbonyl (C=O) groups is 2. The van der Waals surface area contributed by atoms with Gasteiger partial charge in [-0.05, 0) is 74.3 Å². The van der Waals surface area contributed by atoms with Gasteiger partial charge in [0.15, 0.2) is 0 Å². The van der Waals surface area contributed by atoms with Crippen LogP contribution in [-0.2, 0) is 9.59 Å². The predicted molar refractivity (Wildman–Crippen MR) is 224 cm³/mol. The second-order valence-electron chi connectivity index (χ2n) is 15.4. The Kier molecular flexibility index (Phi) is 38.4. The summed E-state index contributed by atoms with van der Waals surface area (Å²) < 4.78 is 0. The number of carbonyl (C=O) groups excluding carboxylic acids is 2. The molecule has 0 bridgehead atoms. The topological polar surface area (TPSA) is 80.3 Å². The van der Waals surface area contributed by atoms with Crippen molar-refractivity contribution in [1.29, 1.82) is 0 Å². The molecule has 2 unspecified atom stereocenters. The van der Waals surface area contributed by atoms with Gasteiger partial charge in [0, 0.05) is 11.9 Å². The molecule has 0 N–H and O–H groups in total. The quantitative estimate of drug-likeness (QED) is 0.0519. The van der Waals surface area contributed by atoms with Crippen molar-refractivity contribution >= 4 is 60.8 Å². The van der Waals surface area contributed by atoms with E-state index in [0.717, 1.165) is 37.5 Å². The van der Waals surface area contributed by atoms with Crippen LogP contribution in [0.3, 0.4) is 0 Å². The summed E-state index contributed by atoms with van der Waals surface area (Å²) in [5, 5.41) is 20.6. The summed E-state index contributed by atoms with van der Waals surface area (Å²) in [4.78, 5) is 20.6. The van der Waals surface area contributed by atoms with Gasteiger partial charge >= 0.3 is 48.9 Å². The molecule has 0 saturated carbocycles. The average molecular weight is 856 g/mol. The number of benzene rings is 2. The van der Waals surface area contributed by atoms with E-state index in [1.165, 1.54) is 165 Å². The van der Waals surface area contributed by atoms with Crippen LogP contribution in [0.5, 0.6) is 0 Å². The molecule has 2 rings (SSSR count). The number of carboxylic acid groups (broad SMARTS) is 2. The van der Waals surface area contributed by atoms with E-state index in [0.29, 0.717) is 0 Å². The minimum Gasteiger partial charge on any atom is -0.550 e. The van der Waals surface area contributed by atoms with Crippen molar-refractivity contribution in [2.45, 2.75) is 218 Å². The molecule has 2 aromatic rings. The van der Waals surface area contributed by atoms with Gasteiger partial charge in [0.05, 0.1) is 0 Å². The number of rotatable bonds is 34. The first-order valence-electron chi connectivity index (χ1n) is 22.0. The van der Waals surface area contributed by atoms with Crippen LogP contribution in [0.1, 0.15) is 229 Å². The fraction of sp³-hybridized carbons (Fsp3) is 0.708. The van der Waals surface area contributed by atoms with E-state index in [1.807, 2.05) is 0 Å². The standard InChI is InChI=1S/2C24H40O2.Ba/c2*1-2-17-22(23-19-14-12-15-20-23)18-13-10-8-6-4-3-5-7-9-11-16-21-24(25)26;/h2*12,14-15,19-20,22H,2-11,13,16-18,21H2,1H3,(H,25,26);/q;;+2/p-2. The zero-order chi connectivity index (χ0) is 37.7. The molecule has 0 aliphatic carbocycles. The van der Waals surface area contributed by atoms with Crippen LogP contribution in [0.25, 0.3) is 0 Å². The molecule has 0 fully saturated rings. The van der Waals surface area contributed by atoms with Crippen molar-refractivity contribution in [2.75, 3.05) is 0 Å². The Morgan fingerprint density at radius 1 is 0.396 bits per heavy atom. The van der Waals surface area contributed by atoms with E-state index in [9.17, 15) is 19.8 Å². The van der Waals surface area contributed by atoms with Gasteiger partial charge in [-0.3, -0.25) is 0 Å². The number of carboxylic acids is 2. The van der Waals surface area contributed by atoms with Crippen LogP contribution >= 0.6 is 0 Å². The normalized spacial score (nSPS) is 12.0. The Hall–Kier alpha value is -1.05. The Bertz CT molecular complexity index is 974. The van der Waals surface area contributed by atoms with Gasteiger partial charge in [-0.1, -0.05) is 216 Å². The molecular formula is C48H78BaO4. The Morgan fingerprint density at radius 3 is 0.887 bits per heavy atom. The van der Waals surface area contributed by atoms with E-state index in [1.54, 1.807) is 0 Å². The summed E-state index contributed by atoms with van der Waals surface area (Å²) in [6.45, 7) is 4.58. The monoisotopic (exact) mass is 856 g/mol. The summed E-state index contributed by atoms with van der Waals surface area (Å²) in [5.41, 5.74) is 3.04. The SMILES string of the molecule is CCCC(CCCCCCCCCCCCCC(=O)[O-])c1ccccc1.CCCC(CCCCCCCCCCCCCC(=O)[O-])c1ccccc1.[Ba+2]. The first-order chi connectivity index (χ1) is 25.5. The summed E-state index contributed by atoms with van der Waals surface area (Å²) in [6.07, 6.45) is 35.7. The van der Waals surface area contributed by atoms with Crippen molar-refractivity contribution in [2.24, 2.45) is 0 Å². The number of aliphatic carboxylic acids is 2. The van der Waals surface area contributed by atoms with Crippen LogP contribution in [0.2, 0.25) is 0 Å². The largest absolute Gasteiger partial charge is 2.00 e. The third kappa shape index (κ3) is 32.9. The van der Waals surface area contributed by atoms with E-state index in [2.05, 4.69) is 74.5 Å². The molecule has 4 nitrogen and oxygen atoms in total. The zero-order valence-electron chi connectivity index (χ0n) is 34.5. The third-order valence-corrected chi connectivity index (χ3v) is 10.7. The van der Waals surface area contributed by atoms with E-state index in [-0.39, 0.29) is 61.7 Å². The second kappa shape index (κ2) is 39.2. The minimum atomic E-state index is -0.908. The van der Waals surface area contributed by atoms with Crippen LogP contribution in [0.4, 0.5) is 0 Å². The van der Waals surface area contributed by atoms with Gasteiger partial charge in [-0.15, -0.1) is 0 Å². The molecule has 0 spiro atoms. The first kappa shape index (κ1) is 52.0. The first-order valence-corrected chi connectivity index (χ1v) is 22.0. The molecule has 5 heteroatoms. The summed E-state index contributed by atoms with van der Waals surface area (Å²) in [7, 11) is 0. The van der Waals surface area contributed by atoms with Crippen molar-refractivity contribution in [3.05, 3.63) is 71.8 Å². The van der Waals surface area contributed by atoms with Crippen LogP contribution in [0.15, 0.2) is 60.7 Å². The van der Waals surface area contributed by atoms with Crippen LogP contribution in [-0.4, -0.2) is 60.8 Å². The third-order valence-electron chi connectivity index (χ3n) is 10.7.